The van der Waals surface area contributed by atoms with Gasteiger partial charge in [-0.25, -0.2) is 0 Å². The van der Waals surface area contributed by atoms with E-state index in [1.807, 2.05) is 6.08 Å². The third-order valence-corrected chi connectivity index (χ3v) is 3.25. The first-order valence-corrected chi connectivity index (χ1v) is 5.60. The SMILES string of the molecule is Cc1ccc2c(c1)CCC(C(C)C(=O)O)=C2. The van der Waals surface area contributed by atoms with Gasteiger partial charge in [0.1, 0.15) is 0 Å². The van der Waals surface area contributed by atoms with Crippen molar-refractivity contribution in [2.75, 3.05) is 0 Å². The van der Waals surface area contributed by atoms with E-state index in [9.17, 15) is 4.79 Å². The molecular weight excluding hydrogens is 200 g/mol. The van der Waals surface area contributed by atoms with Crippen molar-refractivity contribution in [3.8, 4) is 0 Å². The summed E-state index contributed by atoms with van der Waals surface area (Å²) in [4.78, 5) is 10.9. The second kappa shape index (κ2) is 4.12. The molecule has 0 aromatic heterocycles. The summed E-state index contributed by atoms with van der Waals surface area (Å²) in [5.41, 5.74) is 4.81. The fourth-order valence-corrected chi connectivity index (χ4v) is 2.14. The van der Waals surface area contributed by atoms with Crippen LogP contribution in [0.5, 0.6) is 0 Å². The Hall–Kier alpha value is -1.57. The van der Waals surface area contributed by atoms with Gasteiger partial charge >= 0.3 is 5.97 Å². The van der Waals surface area contributed by atoms with E-state index in [1.54, 1.807) is 6.92 Å². The zero-order valence-electron chi connectivity index (χ0n) is 9.66. The van der Waals surface area contributed by atoms with Crippen molar-refractivity contribution in [1.82, 2.24) is 0 Å². The van der Waals surface area contributed by atoms with E-state index in [-0.39, 0.29) is 5.92 Å². The number of carbonyl (C=O) groups is 1. The van der Waals surface area contributed by atoms with Crippen LogP contribution in [0.25, 0.3) is 6.08 Å². The standard InChI is InChI=1S/C14H16O2/c1-9-3-4-13-8-11(10(2)14(15)16)5-6-12(13)7-9/h3-4,7-8,10H,5-6H2,1-2H3,(H,15,16). The van der Waals surface area contributed by atoms with Crippen LogP contribution in [0.3, 0.4) is 0 Å². The minimum absolute atomic E-state index is 0.366. The summed E-state index contributed by atoms with van der Waals surface area (Å²) in [6.45, 7) is 3.84. The lowest BCUT2D eigenvalue weighted by Gasteiger charge is -2.19. The van der Waals surface area contributed by atoms with Gasteiger partial charge in [0.15, 0.2) is 0 Å². The lowest BCUT2D eigenvalue weighted by Crippen LogP contribution is -2.15. The largest absolute Gasteiger partial charge is 0.481 e. The summed E-state index contributed by atoms with van der Waals surface area (Å²) >= 11 is 0. The Bertz CT molecular complexity index is 458. The summed E-state index contributed by atoms with van der Waals surface area (Å²) < 4.78 is 0. The molecule has 2 nitrogen and oxygen atoms in total. The third kappa shape index (κ3) is 2.01. The Morgan fingerprint density at radius 2 is 2.12 bits per heavy atom. The van der Waals surface area contributed by atoms with Gasteiger partial charge in [0, 0.05) is 0 Å². The fraction of sp³-hybridized carbons (Fsp3) is 0.357. The van der Waals surface area contributed by atoms with Gasteiger partial charge in [0.25, 0.3) is 0 Å². The Labute approximate surface area is 95.6 Å². The summed E-state index contributed by atoms with van der Waals surface area (Å²) in [7, 11) is 0. The number of rotatable bonds is 2. The molecule has 1 atom stereocenters. The molecule has 1 unspecified atom stereocenters. The highest BCUT2D eigenvalue weighted by molar-refractivity contribution is 5.76. The maximum absolute atomic E-state index is 10.9. The molecule has 0 saturated heterocycles. The maximum atomic E-state index is 10.9. The number of carboxylic acid groups (broad SMARTS) is 1. The molecule has 0 amide bonds. The number of aryl methyl sites for hydroxylation is 2. The molecule has 1 aromatic rings. The van der Waals surface area contributed by atoms with E-state index >= 15 is 0 Å². The Balaban J connectivity index is 2.35. The smallest absolute Gasteiger partial charge is 0.310 e. The Morgan fingerprint density at radius 3 is 2.81 bits per heavy atom. The number of hydrogen-bond acceptors (Lipinski definition) is 1. The zero-order valence-corrected chi connectivity index (χ0v) is 9.66. The van der Waals surface area contributed by atoms with Gasteiger partial charge in [-0.3, -0.25) is 4.79 Å². The van der Waals surface area contributed by atoms with Crippen LogP contribution in [0, 0.1) is 12.8 Å². The van der Waals surface area contributed by atoms with Crippen molar-refractivity contribution in [2.45, 2.75) is 26.7 Å². The molecule has 0 fully saturated rings. The first-order chi connectivity index (χ1) is 7.58. The van der Waals surface area contributed by atoms with Crippen molar-refractivity contribution < 1.29 is 9.90 Å². The van der Waals surface area contributed by atoms with Gasteiger partial charge in [-0.15, -0.1) is 0 Å². The highest BCUT2D eigenvalue weighted by atomic mass is 16.4. The molecule has 1 aromatic carbocycles. The average molecular weight is 216 g/mol. The predicted octanol–water partition coefficient (Wildman–Crippen LogP) is 3.05. The second-order valence-electron chi connectivity index (χ2n) is 4.48. The lowest BCUT2D eigenvalue weighted by atomic mass is 9.86. The van der Waals surface area contributed by atoms with Crippen LogP contribution in [0.1, 0.15) is 30.0 Å². The molecule has 0 spiro atoms. The second-order valence-corrected chi connectivity index (χ2v) is 4.48. The third-order valence-electron chi connectivity index (χ3n) is 3.25. The molecule has 1 aliphatic carbocycles. The van der Waals surface area contributed by atoms with Crippen molar-refractivity contribution >= 4 is 12.0 Å². The van der Waals surface area contributed by atoms with Crippen LogP contribution in [0.4, 0.5) is 0 Å². The molecule has 2 heteroatoms. The molecule has 16 heavy (non-hydrogen) atoms. The first kappa shape index (κ1) is 10.9. The summed E-state index contributed by atoms with van der Waals surface area (Å²) in [5, 5.41) is 8.99. The van der Waals surface area contributed by atoms with Crippen LogP contribution in [-0.4, -0.2) is 11.1 Å². The number of hydrogen-bond donors (Lipinski definition) is 1. The molecule has 0 radical (unpaired) electrons. The highest BCUT2D eigenvalue weighted by Gasteiger charge is 2.20. The van der Waals surface area contributed by atoms with Crippen LogP contribution < -0.4 is 0 Å². The quantitative estimate of drug-likeness (QED) is 0.825. The van der Waals surface area contributed by atoms with Crippen LogP contribution >= 0.6 is 0 Å². The van der Waals surface area contributed by atoms with Crippen molar-refractivity contribution in [3.05, 3.63) is 40.5 Å². The molecular formula is C14H16O2. The van der Waals surface area contributed by atoms with Crippen LogP contribution in [0.2, 0.25) is 0 Å². The van der Waals surface area contributed by atoms with E-state index in [2.05, 4.69) is 25.1 Å². The van der Waals surface area contributed by atoms with Crippen LogP contribution in [-0.2, 0) is 11.2 Å². The molecule has 0 heterocycles. The minimum atomic E-state index is -0.734. The van der Waals surface area contributed by atoms with E-state index < -0.39 is 5.97 Å². The lowest BCUT2D eigenvalue weighted by molar-refractivity contribution is -0.139. The fourth-order valence-electron chi connectivity index (χ4n) is 2.14. The van der Waals surface area contributed by atoms with Gasteiger partial charge in [-0.05, 0) is 37.8 Å². The summed E-state index contributed by atoms with van der Waals surface area (Å²) in [6.07, 6.45) is 3.86. The van der Waals surface area contributed by atoms with Gasteiger partial charge in [0.05, 0.1) is 5.92 Å². The highest BCUT2D eigenvalue weighted by Crippen LogP contribution is 2.28. The normalized spacial score (nSPS) is 16.2. The first-order valence-electron chi connectivity index (χ1n) is 5.60. The molecule has 2 rings (SSSR count). The van der Waals surface area contributed by atoms with Gasteiger partial charge < -0.3 is 5.11 Å². The van der Waals surface area contributed by atoms with E-state index in [4.69, 9.17) is 5.11 Å². The molecule has 84 valence electrons. The predicted molar refractivity (Wildman–Crippen MR) is 64.3 cm³/mol. The van der Waals surface area contributed by atoms with Crippen molar-refractivity contribution in [1.29, 1.82) is 0 Å². The van der Waals surface area contributed by atoms with Gasteiger partial charge in [0.2, 0.25) is 0 Å². The van der Waals surface area contributed by atoms with E-state index in [0.29, 0.717) is 0 Å². The molecule has 1 N–H and O–H groups in total. The monoisotopic (exact) mass is 216 g/mol. The molecule has 0 aliphatic heterocycles. The van der Waals surface area contributed by atoms with Gasteiger partial charge in [-0.1, -0.05) is 35.4 Å². The van der Waals surface area contributed by atoms with E-state index in [0.717, 1.165) is 18.4 Å². The van der Waals surface area contributed by atoms with Crippen molar-refractivity contribution in [3.63, 3.8) is 0 Å². The topological polar surface area (TPSA) is 37.3 Å². The minimum Gasteiger partial charge on any atom is -0.481 e. The number of benzene rings is 1. The number of aliphatic carboxylic acids is 1. The molecule has 0 saturated carbocycles. The summed E-state index contributed by atoms with van der Waals surface area (Å²) in [5.74, 6) is -1.10. The van der Waals surface area contributed by atoms with Gasteiger partial charge in [-0.2, -0.15) is 0 Å². The Kier molecular flexibility index (Phi) is 2.82. The Morgan fingerprint density at radius 1 is 1.38 bits per heavy atom. The van der Waals surface area contributed by atoms with Crippen LogP contribution in [0.15, 0.2) is 23.8 Å². The summed E-state index contributed by atoms with van der Waals surface area (Å²) in [6, 6.07) is 6.34. The molecule has 0 bridgehead atoms. The molecule has 1 aliphatic rings. The number of carboxylic acids is 1. The maximum Gasteiger partial charge on any atom is 0.310 e. The number of fused-ring (bicyclic) bond motifs is 1. The average Bonchev–Trinajstić information content (AvgIpc) is 2.27. The van der Waals surface area contributed by atoms with Crippen molar-refractivity contribution in [2.24, 2.45) is 5.92 Å². The zero-order chi connectivity index (χ0) is 11.7. The van der Waals surface area contributed by atoms with E-state index in [1.165, 1.54) is 16.7 Å².